The molecule has 2 rings (SSSR count). The lowest BCUT2D eigenvalue weighted by Gasteiger charge is -2.30. The van der Waals surface area contributed by atoms with Gasteiger partial charge in [0.15, 0.2) is 0 Å². The van der Waals surface area contributed by atoms with Crippen LogP contribution in [-0.4, -0.2) is 7.05 Å². The van der Waals surface area contributed by atoms with Crippen molar-refractivity contribution >= 4 is 15.9 Å². The first-order valence-corrected chi connectivity index (χ1v) is 7.13. The summed E-state index contributed by atoms with van der Waals surface area (Å²) in [6.07, 6.45) is 6.46. The van der Waals surface area contributed by atoms with Gasteiger partial charge in [0.2, 0.25) is 0 Å². The summed E-state index contributed by atoms with van der Waals surface area (Å²) >= 11 is 3.37. The van der Waals surface area contributed by atoms with Gasteiger partial charge in [-0.3, -0.25) is 0 Å². The molecule has 0 amide bonds. The van der Waals surface area contributed by atoms with Gasteiger partial charge in [0.1, 0.15) is 5.82 Å². The number of hydrogen-bond donors (Lipinski definition) is 1. The minimum Gasteiger partial charge on any atom is -0.313 e. The summed E-state index contributed by atoms with van der Waals surface area (Å²) in [6.45, 7) is 0. The molecule has 1 aromatic rings. The van der Waals surface area contributed by atoms with Crippen molar-refractivity contribution in [1.29, 1.82) is 0 Å². The highest BCUT2D eigenvalue weighted by Gasteiger charge is 2.24. The molecule has 0 spiro atoms. The van der Waals surface area contributed by atoms with Crippen LogP contribution in [0.25, 0.3) is 0 Å². The first-order valence-electron chi connectivity index (χ1n) is 6.34. The van der Waals surface area contributed by atoms with Crippen molar-refractivity contribution in [3.63, 3.8) is 0 Å². The standard InChI is InChI=1S/C14H19BrFN/c1-17-14(10-5-3-2-4-6-10)11-7-12(15)9-13(16)8-11/h7-10,14,17H,2-6H2,1H3. The highest BCUT2D eigenvalue weighted by Crippen LogP contribution is 2.35. The van der Waals surface area contributed by atoms with E-state index in [1.165, 1.54) is 38.2 Å². The van der Waals surface area contributed by atoms with Crippen LogP contribution < -0.4 is 5.32 Å². The molecule has 1 aliphatic rings. The largest absolute Gasteiger partial charge is 0.313 e. The highest BCUT2D eigenvalue weighted by atomic mass is 79.9. The van der Waals surface area contributed by atoms with Gasteiger partial charge in [-0.2, -0.15) is 0 Å². The molecule has 1 nitrogen and oxygen atoms in total. The Hall–Kier alpha value is -0.410. The second-order valence-corrected chi connectivity index (χ2v) is 5.78. The third kappa shape index (κ3) is 3.29. The monoisotopic (exact) mass is 299 g/mol. The molecule has 1 aliphatic carbocycles. The van der Waals surface area contributed by atoms with Gasteiger partial charge in [0.25, 0.3) is 0 Å². The van der Waals surface area contributed by atoms with Crippen molar-refractivity contribution in [2.24, 2.45) is 5.92 Å². The van der Waals surface area contributed by atoms with Crippen molar-refractivity contribution in [2.45, 2.75) is 38.1 Å². The van der Waals surface area contributed by atoms with Gasteiger partial charge in [-0.25, -0.2) is 4.39 Å². The Bertz CT molecular complexity index is 354. The molecule has 1 unspecified atom stereocenters. The summed E-state index contributed by atoms with van der Waals surface area (Å²) in [7, 11) is 1.97. The SMILES string of the molecule is CNC(c1cc(F)cc(Br)c1)C1CCCCC1. The van der Waals surface area contributed by atoms with E-state index in [-0.39, 0.29) is 11.9 Å². The summed E-state index contributed by atoms with van der Waals surface area (Å²) in [5, 5.41) is 3.36. The van der Waals surface area contributed by atoms with Gasteiger partial charge in [0, 0.05) is 10.5 Å². The zero-order valence-corrected chi connectivity index (χ0v) is 11.8. The Morgan fingerprint density at radius 1 is 1.24 bits per heavy atom. The maximum absolute atomic E-state index is 13.4. The average Bonchev–Trinajstić information content (AvgIpc) is 2.30. The van der Waals surface area contributed by atoms with E-state index in [2.05, 4.69) is 21.2 Å². The van der Waals surface area contributed by atoms with Crippen molar-refractivity contribution in [3.05, 3.63) is 34.1 Å². The molecule has 1 saturated carbocycles. The number of rotatable bonds is 3. The number of hydrogen-bond acceptors (Lipinski definition) is 1. The molecular weight excluding hydrogens is 281 g/mol. The molecule has 0 radical (unpaired) electrons. The molecule has 0 heterocycles. The molecule has 94 valence electrons. The quantitative estimate of drug-likeness (QED) is 0.871. The molecule has 0 aromatic heterocycles. The van der Waals surface area contributed by atoms with Gasteiger partial charge >= 0.3 is 0 Å². The minimum absolute atomic E-state index is 0.162. The zero-order valence-electron chi connectivity index (χ0n) is 10.2. The predicted octanol–water partition coefficient (Wildman–Crippen LogP) is 4.43. The normalized spacial score (nSPS) is 19.2. The second kappa shape index (κ2) is 5.96. The lowest BCUT2D eigenvalue weighted by atomic mass is 9.81. The van der Waals surface area contributed by atoms with E-state index in [0.717, 1.165) is 10.0 Å². The van der Waals surface area contributed by atoms with E-state index in [1.807, 2.05) is 13.1 Å². The van der Waals surface area contributed by atoms with E-state index in [1.54, 1.807) is 6.07 Å². The Labute approximate surface area is 111 Å². The van der Waals surface area contributed by atoms with Crippen LogP contribution in [-0.2, 0) is 0 Å². The zero-order chi connectivity index (χ0) is 12.3. The fourth-order valence-corrected chi connectivity index (χ4v) is 3.38. The fraction of sp³-hybridized carbons (Fsp3) is 0.571. The summed E-state index contributed by atoms with van der Waals surface area (Å²) in [4.78, 5) is 0. The number of benzene rings is 1. The first kappa shape index (κ1) is 13.0. The van der Waals surface area contributed by atoms with Gasteiger partial charge in [-0.15, -0.1) is 0 Å². The van der Waals surface area contributed by atoms with E-state index in [4.69, 9.17) is 0 Å². The Morgan fingerprint density at radius 2 is 1.94 bits per heavy atom. The molecule has 17 heavy (non-hydrogen) atoms. The summed E-state index contributed by atoms with van der Waals surface area (Å²) in [5.41, 5.74) is 1.06. The van der Waals surface area contributed by atoms with E-state index >= 15 is 0 Å². The summed E-state index contributed by atoms with van der Waals surface area (Å²) in [6, 6.07) is 5.47. The summed E-state index contributed by atoms with van der Waals surface area (Å²) < 4.78 is 14.3. The molecule has 0 bridgehead atoms. The molecule has 1 atom stereocenters. The molecular formula is C14H19BrFN. The van der Waals surface area contributed by atoms with Gasteiger partial charge in [-0.1, -0.05) is 35.2 Å². The van der Waals surface area contributed by atoms with Crippen molar-refractivity contribution < 1.29 is 4.39 Å². The Balaban J connectivity index is 2.21. The van der Waals surface area contributed by atoms with Crippen LogP contribution in [0.4, 0.5) is 4.39 Å². The first-order chi connectivity index (χ1) is 8.20. The topological polar surface area (TPSA) is 12.0 Å². The maximum atomic E-state index is 13.4. The smallest absolute Gasteiger partial charge is 0.124 e. The summed E-state index contributed by atoms with van der Waals surface area (Å²) in [5.74, 6) is 0.480. The van der Waals surface area contributed by atoms with Gasteiger partial charge < -0.3 is 5.32 Å². The van der Waals surface area contributed by atoms with Crippen LogP contribution in [0.15, 0.2) is 22.7 Å². The van der Waals surface area contributed by atoms with Crippen molar-refractivity contribution in [2.75, 3.05) is 7.05 Å². The van der Waals surface area contributed by atoms with Gasteiger partial charge in [-0.05, 0) is 49.6 Å². The fourth-order valence-electron chi connectivity index (χ4n) is 2.90. The number of halogens is 2. The Morgan fingerprint density at radius 3 is 2.53 bits per heavy atom. The molecule has 1 N–H and O–H groups in total. The van der Waals surface area contributed by atoms with Crippen LogP contribution in [0, 0.1) is 11.7 Å². The lowest BCUT2D eigenvalue weighted by molar-refractivity contribution is 0.281. The Kier molecular flexibility index (Phi) is 4.57. The molecule has 0 saturated heterocycles. The average molecular weight is 300 g/mol. The van der Waals surface area contributed by atoms with Crippen molar-refractivity contribution in [3.8, 4) is 0 Å². The highest BCUT2D eigenvalue weighted by molar-refractivity contribution is 9.10. The minimum atomic E-state index is -0.162. The molecule has 1 aromatic carbocycles. The molecule has 3 heteroatoms. The third-order valence-electron chi connectivity index (χ3n) is 3.68. The van der Waals surface area contributed by atoms with Crippen LogP contribution >= 0.6 is 15.9 Å². The maximum Gasteiger partial charge on any atom is 0.124 e. The van der Waals surface area contributed by atoms with Crippen molar-refractivity contribution in [1.82, 2.24) is 5.32 Å². The van der Waals surface area contributed by atoms with Crippen LogP contribution in [0.5, 0.6) is 0 Å². The van der Waals surface area contributed by atoms with E-state index in [0.29, 0.717) is 5.92 Å². The molecule has 1 fully saturated rings. The third-order valence-corrected chi connectivity index (χ3v) is 4.13. The second-order valence-electron chi connectivity index (χ2n) is 4.87. The van der Waals surface area contributed by atoms with Gasteiger partial charge in [0.05, 0.1) is 0 Å². The number of nitrogens with one attached hydrogen (secondary N) is 1. The van der Waals surface area contributed by atoms with Crippen LogP contribution in [0.1, 0.15) is 43.7 Å². The molecule has 0 aliphatic heterocycles. The van der Waals surface area contributed by atoms with Crippen LogP contribution in [0.2, 0.25) is 0 Å². The predicted molar refractivity (Wildman–Crippen MR) is 72.5 cm³/mol. The van der Waals surface area contributed by atoms with Crippen LogP contribution in [0.3, 0.4) is 0 Å². The lowest BCUT2D eigenvalue weighted by Crippen LogP contribution is -2.27. The van der Waals surface area contributed by atoms with E-state index in [9.17, 15) is 4.39 Å². The van der Waals surface area contributed by atoms with E-state index < -0.39 is 0 Å².